The number of carbonyl (C=O) groups is 1. The van der Waals surface area contributed by atoms with E-state index in [1.165, 1.54) is 0 Å². The minimum absolute atomic E-state index is 0.0359. The van der Waals surface area contributed by atoms with E-state index in [0.29, 0.717) is 10.8 Å². The fourth-order valence-corrected chi connectivity index (χ4v) is 3.10. The molecule has 0 aromatic heterocycles. The van der Waals surface area contributed by atoms with Crippen LogP contribution in [0.5, 0.6) is 0 Å². The Bertz CT molecular complexity index is 424. The molecule has 4 rings (SSSR count). The average molecular weight is 236 g/mol. The molecule has 3 heteroatoms. The lowest BCUT2D eigenvalue weighted by atomic mass is 9.79. The Morgan fingerprint density at radius 1 is 1.25 bits per heavy atom. The van der Waals surface area contributed by atoms with Gasteiger partial charge in [0.2, 0.25) is 0 Å². The van der Waals surface area contributed by atoms with Crippen molar-refractivity contribution in [3.63, 3.8) is 0 Å². The van der Waals surface area contributed by atoms with Crippen LogP contribution in [0, 0.1) is 5.92 Å². The molecular formula is C13H14ClNO. The number of Topliss-reactive ketones (excluding diaryl/α,β-unsaturated/α-hetero) is 1. The monoisotopic (exact) mass is 235 g/mol. The Morgan fingerprint density at radius 2 is 2.00 bits per heavy atom. The number of halogens is 1. The van der Waals surface area contributed by atoms with Gasteiger partial charge in [-0.3, -0.25) is 9.69 Å². The maximum atomic E-state index is 12.2. The summed E-state index contributed by atoms with van der Waals surface area (Å²) in [4.78, 5) is 14.5. The number of rotatable bonds is 1. The standard InChI is InChI=1S/C13H14ClNO/c14-11-3-1-2-10(8-11)12-13(16)9-4-6-15(12)7-5-9/h1-3,8-9,12H,4-7H2. The van der Waals surface area contributed by atoms with Crippen molar-refractivity contribution in [3.8, 4) is 0 Å². The van der Waals surface area contributed by atoms with E-state index in [1.807, 2.05) is 24.3 Å². The van der Waals surface area contributed by atoms with Crippen LogP contribution in [0.3, 0.4) is 0 Å². The van der Waals surface area contributed by atoms with E-state index in [1.54, 1.807) is 0 Å². The van der Waals surface area contributed by atoms with Crippen LogP contribution in [0.15, 0.2) is 24.3 Å². The lowest BCUT2D eigenvalue weighted by molar-refractivity contribution is -0.137. The van der Waals surface area contributed by atoms with Crippen LogP contribution in [0.1, 0.15) is 24.4 Å². The summed E-state index contributed by atoms with van der Waals surface area (Å²) in [6.45, 7) is 2.10. The van der Waals surface area contributed by atoms with Gasteiger partial charge in [-0.1, -0.05) is 23.7 Å². The van der Waals surface area contributed by atoms with E-state index in [0.717, 1.165) is 31.5 Å². The van der Waals surface area contributed by atoms with Crippen LogP contribution < -0.4 is 0 Å². The molecule has 0 radical (unpaired) electrons. The number of carbonyl (C=O) groups excluding carboxylic acids is 1. The topological polar surface area (TPSA) is 20.3 Å². The maximum Gasteiger partial charge on any atom is 0.157 e. The van der Waals surface area contributed by atoms with Gasteiger partial charge in [-0.25, -0.2) is 0 Å². The molecule has 3 aliphatic heterocycles. The summed E-state index contributed by atoms with van der Waals surface area (Å²) in [5.41, 5.74) is 1.06. The van der Waals surface area contributed by atoms with Gasteiger partial charge >= 0.3 is 0 Å². The lowest BCUT2D eigenvalue weighted by Gasteiger charge is -2.44. The quantitative estimate of drug-likeness (QED) is 0.746. The molecule has 1 unspecified atom stereocenters. The molecule has 0 aliphatic carbocycles. The van der Waals surface area contributed by atoms with E-state index >= 15 is 0 Å². The zero-order valence-electron chi connectivity index (χ0n) is 9.03. The van der Waals surface area contributed by atoms with E-state index in [2.05, 4.69) is 4.90 Å². The Kier molecular flexibility index (Phi) is 2.49. The Labute approximate surface area is 100 Å². The molecular weight excluding hydrogens is 222 g/mol. The second kappa shape index (κ2) is 3.86. The van der Waals surface area contributed by atoms with E-state index < -0.39 is 0 Å². The van der Waals surface area contributed by atoms with Crippen molar-refractivity contribution in [1.82, 2.24) is 4.90 Å². The van der Waals surface area contributed by atoms with Gasteiger partial charge in [0.05, 0.1) is 6.04 Å². The first-order valence-corrected chi connectivity index (χ1v) is 6.17. The number of hydrogen-bond donors (Lipinski definition) is 0. The zero-order valence-corrected chi connectivity index (χ0v) is 9.78. The summed E-state index contributed by atoms with van der Waals surface area (Å²) >= 11 is 5.98. The number of fused-ring (bicyclic) bond motifs is 3. The largest absolute Gasteiger partial charge is 0.297 e. The van der Waals surface area contributed by atoms with Crippen LogP contribution in [0.2, 0.25) is 5.02 Å². The summed E-state index contributed by atoms with van der Waals surface area (Å²) in [5.74, 6) is 0.675. The first-order chi connectivity index (χ1) is 7.75. The number of ketones is 1. The van der Waals surface area contributed by atoms with Crippen molar-refractivity contribution in [2.45, 2.75) is 18.9 Å². The molecule has 84 valence electrons. The van der Waals surface area contributed by atoms with E-state index in [-0.39, 0.29) is 12.0 Å². The number of nitrogens with zero attached hydrogens (tertiary/aromatic N) is 1. The zero-order chi connectivity index (χ0) is 11.1. The minimum Gasteiger partial charge on any atom is -0.297 e. The highest BCUT2D eigenvalue weighted by atomic mass is 35.5. The Balaban J connectivity index is 1.97. The first-order valence-electron chi connectivity index (χ1n) is 5.79. The number of benzene rings is 1. The first kappa shape index (κ1) is 10.3. The van der Waals surface area contributed by atoms with Gasteiger partial charge in [0.15, 0.2) is 5.78 Å². The highest BCUT2D eigenvalue weighted by Gasteiger charge is 2.41. The summed E-state index contributed by atoms with van der Waals surface area (Å²) in [7, 11) is 0. The van der Waals surface area contributed by atoms with Gasteiger partial charge in [0.25, 0.3) is 0 Å². The Morgan fingerprint density at radius 3 is 2.62 bits per heavy atom. The van der Waals surface area contributed by atoms with Crippen molar-refractivity contribution in [2.75, 3.05) is 13.1 Å². The van der Waals surface area contributed by atoms with Crippen molar-refractivity contribution < 1.29 is 4.79 Å². The average Bonchev–Trinajstić information content (AvgIpc) is 2.30. The van der Waals surface area contributed by atoms with Gasteiger partial charge in [0.1, 0.15) is 0 Å². The van der Waals surface area contributed by atoms with Crippen molar-refractivity contribution in [3.05, 3.63) is 34.9 Å². The van der Waals surface area contributed by atoms with E-state index in [4.69, 9.17) is 11.6 Å². The molecule has 3 heterocycles. The molecule has 0 spiro atoms. The second-order valence-electron chi connectivity index (χ2n) is 4.67. The molecule has 3 aliphatic rings. The van der Waals surface area contributed by atoms with E-state index in [9.17, 15) is 4.79 Å². The molecule has 1 aromatic rings. The lowest BCUT2D eigenvalue weighted by Crippen LogP contribution is -2.50. The fourth-order valence-electron chi connectivity index (χ4n) is 2.90. The molecule has 16 heavy (non-hydrogen) atoms. The summed E-state index contributed by atoms with van der Waals surface area (Å²) in [6.07, 6.45) is 2.08. The van der Waals surface area contributed by atoms with Gasteiger partial charge in [0, 0.05) is 10.9 Å². The van der Waals surface area contributed by atoms with Crippen molar-refractivity contribution in [1.29, 1.82) is 0 Å². The molecule has 2 bridgehead atoms. The summed E-state index contributed by atoms with van der Waals surface area (Å²) < 4.78 is 0. The number of piperidine rings is 3. The molecule has 0 N–H and O–H groups in total. The molecule has 3 fully saturated rings. The third kappa shape index (κ3) is 1.57. The van der Waals surface area contributed by atoms with Crippen LogP contribution >= 0.6 is 11.6 Å². The maximum absolute atomic E-state index is 12.2. The molecule has 2 nitrogen and oxygen atoms in total. The van der Waals surface area contributed by atoms with Crippen LogP contribution in [-0.4, -0.2) is 23.8 Å². The van der Waals surface area contributed by atoms with Crippen LogP contribution in [0.25, 0.3) is 0 Å². The van der Waals surface area contributed by atoms with Crippen molar-refractivity contribution in [2.24, 2.45) is 5.92 Å². The SMILES string of the molecule is O=C1C2CCN(CC2)C1c1cccc(Cl)c1. The molecule has 0 saturated carbocycles. The normalized spacial score (nSPS) is 33.1. The summed E-state index contributed by atoms with van der Waals surface area (Å²) in [6, 6.07) is 7.67. The smallest absolute Gasteiger partial charge is 0.157 e. The minimum atomic E-state index is -0.0359. The predicted molar refractivity (Wildman–Crippen MR) is 63.5 cm³/mol. The third-order valence-electron chi connectivity index (χ3n) is 3.73. The molecule has 1 aromatic carbocycles. The summed E-state index contributed by atoms with van der Waals surface area (Å²) in [5, 5.41) is 0.716. The molecule has 3 saturated heterocycles. The van der Waals surface area contributed by atoms with Crippen LogP contribution in [-0.2, 0) is 4.79 Å². The number of hydrogen-bond acceptors (Lipinski definition) is 2. The third-order valence-corrected chi connectivity index (χ3v) is 3.97. The second-order valence-corrected chi connectivity index (χ2v) is 5.11. The van der Waals surface area contributed by atoms with Gasteiger partial charge in [-0.2, -0.15) is 0 Å². The van der Waals surface area contributed by atoms with Gasteiger partial charge in [-0.15, -0.1) is 0 Å². The van der Waals surface area contributed by atoms with Gasteiger partial charge in [-0.05, 0) is 43.6 Å². The van der Waals surface area contributed by atoms with Gasteiger partial charge < -0.3 is 0 Å². The van der Waals surface area contributed by atoms with Crippen LogP contribution in [0.4, 0.5) is 0 Å². The molecule has 1 atom stereocenters. The Hall–Kier alpha value is -0.860. The molecule has 0 amide bonds. The highest BCUT2D eigenvalue weighted by molar-refractivity contribution is 6.30. The fraction of sp³-hybridized carbons (Fsp3) is 0.462. The van der Waals surface area contributed by atoms with Crippen molar-refractivity contribution >= 4 is 17.4 Å². The highest BCUT2D eigenvalue weighted by Crippen LogP contribution is 2.38. The predicted octanol–water partition coefficient (Wildman–Crippen LogP) is 2.68.